The monoisotopic (exact) mass is 389 g/mol. The highest BCUT2D eigenvalue weighted by Gasteiger charge is 2.18. The first-order chi connectivity index (χ1) is 12.6. The van der Waals surface area contributed by atoms with Crippen LogP contribution < -0.4 is 9.47 Å². The molecule has 0 N–H and O–H groups in total. The Bertz CT molecular complexity index is 918. The largest absolute Gasteiger partial charge is 0.497 e. The van der Waals surface area contributed by atoms with Crippen LogP contribution in [0.3, 0.4) is 0 Å². The van der Waals surface area contributed by atoms with Crippen molar-refractivity contribution >= 4 is 34.4 Å². The Labute approximate surface area is 158 Å². The van der Waals surface area contributed by atoms with Crippen molar-refractivity contribution in [1.29, 1.82) is 0 Å². The summed E-state index contributed by atoms with van der Waals surface area (Å²) in [7, 11) is 2.97. The molecule has 3 rings (SSSR count). The Hall–Kier alpha value is -2.71. The van der Waals surface area contributed by atoms with Gasteiger partial charge in [0.25, 0.3) is 0 Å². The zero-order valence-electron chi connectivity index (χ0n) is 14.1. The number of nitrogens with zero attached hydrogens (tertiary/aromatic N) is 1. The number of aromatic nitrogens is 1. The number of Topliss-reactive ketones (excluding diaryl/α,β-unsaturated/α-hetero) is 1. The minimum atomic E-state index is -0.641. The van der Waals surface area contributed by atoms with Crippen LogP contribution in [0.15, 0.2) is 40.4 Å². The summed E-state index contributed by atoms with van der Waals surface area (Å²) in [5.74, 6) is -0.124. The molecule has 0 unspecified atom stereocenters. The summed E-state index contributed by atoms with van der Waals surface area (Å²) >= 11 is 2.90. The zero-order chi connectivity index (χ0) is 18.5. The molecule has 0 amide bonds. The number of carbonyl (C=O) groups is 2. The van der Waals surface area contributed by atoms with E-state index in [-0.39, 0.29) is 17.0 Å². The molecule has 0 atom stereocenters. The molecule has 0 saturated heterocycles. The number of ketones is 1. The lowest BCUT2D eigenvalue weighted by Crippen LogP contribution is -2.15. The maximum absolute atomic E-state index is 12.4. The summed E-state index contributed by atoms with van der Waals surface area (Å²) < 4.78 is 15.4. The van der Waals surface area contributed by atoms with E-state index >= 15 is 0 Å². The second kappa shape index (κ2) is 8.11. The van der Waals surface area contributed by atoms with Gasteiger partial charge >= 0.3 is 5.97 Å². The van der Waals surface area contributed by atoms with Gasteiger partial charge in [-0.15, -0.1) is 11.3 Å². The van der Waals surface area contributed by atoms with Crippen LogP contribution in [0.5, 0.6) is 11.5 Å². The highest BCUT2D eigenvalue weighted by Crippen LogP contribution is 2.26. The van der Waals surface area contributed by atoms with E-state index in [1.165, 1.54) is 25.6 Å². The third-order valence-corrected chi connectivity index (χ3v) is 5.10. The smallest absolute Gasteiger partial charge is 0.358 e. The van der Waals surface area contributed by atoms with Gasteiger partial charge in [0.2, 0.25) is 5.78 Å². The molecule has 0 spiro atoms. The van der Waals surface area contributed by atoms with Gasteiger partial charge in [0.1, 0.15) is 16.5 Å². The third-order valence-electron chi connectivity index (χ3n) is 3.52. The number of hydrogen-bond acceptors (Lipinski definition) is 8. The number of thiophene rings is 1. The molecule has 2 aromatic heterocycles. The van der Waals surface area contributed by atoms with Crippen molar-refractivity contribution in [2.75, 3.05) is 20.8 Å². The predicted molar refractivity (Wildman–Crippen MR) is 99.6 cm³/mol. The molecule has 134 valence electrons. The molecular weight excluding hydrogens is 374 g/mol. The van der Waals surface area contributed by atoms with Crippen molar-refractivity contribution in [2.24, 2.45) is 0 Å². The van der Waals surface area contributed by atoms with Crippen LogP contribution in [-0.4, -0.2) is 37.6 Å². The van der Waals surface area contributed by atoms with E-state index in [2.05, 4.69) is 4.98 Å². The van der Waals surface area contributed by atoms with E-state index in [1.807, 2.05) is 16.8 Å². The van der Waals surface area contributed by atoms with Crippen molar-refractivity contribution in [3.05, 3.63) is 51.7 Å². The predicted octanol–water partition coefficient (Wildman–Crippen LogP) is 3.93. The first-order valence-electron chi connectivity index (χ1n) is 7.53. The molecule has 0 radical (unpaired) electrons. The molecule has 0 aliphatic heterocycles. The van der Waals surface area contributed by atoms with Gasteiger partial charge < -0.3 is 14.2 Å². The number of esters is 1. The van der Waals surface area contributed by atoms with Crippen LogP contribution in [0.2, 0.25) is 0 Å². The standard InChI is InChI=1S/C18H15NO5S2/c1-22-12-3-4-16(23-2)13(7-12)15(20)8-24-18(21)14-10-26-17(19-14)11-5-6-25-9-11/h3-7,9-10H,8H2,1-2H3. The van der Waals surface area contributed by atoms with E-state index < -0.39 is 12.6 Å². The summed E-state index contributed by atoms with van der Waals surface area (Å²) in [6, 6.07) is 6.79. The fraction of sp³-hybridized carbons (Fsp3) is 0.167. The van der Waals surface area contributed by atoms with Gasteiger partial charge in [0, 0.05) is 16.3 Å². The summed E-state index contributed by atoms with van der Waals surface area (Å²) in [6.45, 7) is -0.409. The van der Waals surface area contributed by atoms with Gasteiger partial charge in [-0.05, 0) is 29.6 Å². The highest BCUT2D eigenvalue weighted by atomic mass is 32.1. The number of methoxy groups -OCH3 is 2. The van der Waals surface area contributed by atoms with E-state index in [0.717, 1.165) is 10.6 Å². The molecule has 8 heteroatoms. The van der Waals surface area contributed by atoms with Crippen molar-refractivity contribution in [2.45, 2.75) is 0 Å². The van der Waals surface area contributed by atoms with Crippen LogP contribution in [0.4, 0.5) is 0 Å². The fourth-order valence-corrected chi connectivity index (χ4v) is 3.70. The van der Waals surface area contributed by atoms with Gasteiger partial charge in [-0.1, -0.05) is 0 Å². The van der Waals surface area contributed by atoms with Crippen LogP contribution in [0, 0.1) is 0 Å². The molecule has 0 saturated carbocycles. The molecule has 26 heavy (non-hydrogen) atoms. The average molecular weight is 389 g/mol. The summed E-state index contributed by atoms with van der Waals surface area (Å²) in [5, 5.41) is 6.24. The van der Waals surface area contributed by atoms with Crippen molar-refractivity contribution in [3.63, 3.8) is 0 Å². The fourth-order valence-electron chi connectivity index (χ4n) is 2.20. The Kier molecular flexibility index (Phi) is 5.65. The first kappa shape index (κ1) is 18.1. The lowest BCUT2D eigenvalue weighted by Gasteiger charge is -2.09. The van der Waals surface area contributed by atoms with Gasteiger partial charge in [0.15, 0.2) is 12.3 Å². The van der Waals surface area contributed by atoms with Gasteiger partial charge in [-0.25, -0.2) is 9.78 Å². The van der Waals surface area contributed by atoms with Gasteiger partial charge in [-0.2, -0.15) is 11.3 Å². The summed E-state index contributed by atoms with van der Waals surface area (Å²) in [5.41, 5.74) is 1.43. The van der Waals surface area contributed by atoms with E-state index in [9.17, 15) is 9.59 Å². The average Bonchev–Trinajstić information content (AvgIpc) is 3.36. The SMILES string of the molecule is COc1ccc(OC)c(C(=O)COC(=O)c2csc(-c3ccsc3)n2)c1. The number of thiazole rings is 1. The van der Waals surface area contributed by atoms with Crippen LogP contribution >= 0.6 is 22.7 Å². The lowest BCUT2D eigenvalue weighted by molar-refractivity contribution is 0.0469. The minimum Gasteiger partial charge on any atom is -0.497 e. The maximum atomic E-state index is 12.4. The number of benzene rings is 1. The summed E-state index contributed by atoms with van der Waals surface area (Å²) in [6.07, 6.45) is 0. The Morgan fingerprint density at radius 2 is 1.96 bits per heavy atom. The Morgan fingerprint density at radius 3 is 2.65 bits per heavy atom. The number of rotatable bonds is 7. The van der Waals surface area contributed by atoms with Crippen molar-refractivity contribution in [1.82, 2.24) is 4.98 Å². The van der Waals surface area contributed by atoms with E-state index in [1.54, 1.807) is 34.9 Å². The molecule has 0 fully saturated rings. The molecule has 3 aromatic rings. The summed E-state index contributed by atoms with van der Waals surface area (Å²) in [4.78, 5) is 28.8. The van der Waals surface area contributed by atoms with Gasteiger partial charge in [0.05, 0.1) is 19.8 Å². The Balaban J connectivity index is 1.67. The van der Waals surface area contributed by atoms with Crippen LogP contribution in [0.25, 0.3) is 10.6 Å². The van der Waals surface area contributed by atoms with Gasteiger partial charge in [-0.3, -0.25) is 4.79 Å². The normalized spacial score (nSPS) is 10.4. The quantitative estimate of drug-likeness (QED) is 0.450. The molecule has 2 heterocycles. The Morgan fingerprint density at radius 1 is 1.12 bits per heavy atom. The first-order valence-corrected chi connectivity index (χ1v) is 9.35. The van der Waals surface area contributed by atoms with E-state index in [4.69, 9.17) is 14.2 Å². The number of hydrogen-bond donors (Lipinski definition) is 0. The molecular formula is C18H15NO5S2. The minimum absolute atomic E-state index is 0.182. The second-order valence-corrected chi connectivity index (χ2v) is 6.75. The maximum Gasteiger partial charge on any atom is 0.358 e. The lowest BCUT2D eigenvalue weighted by atomic mass is 10.1. The molecule has 0 aliphatic rings. The topological polar surface area (TPSA) is 74.7 Å². The third kappa shape index (κ3) is 3.92. The number of carbonyl (C=O) groups excluding carboxylic acids is 2. The van der Waals surface area contributed by atoms with E-state index in [0.29, 0.717) is 11.5 Å². The number of ether oxygens (including phenoxy) is 3. The molecule has 0 bridgehead atoms. The van der Waals surface area contributed by atoms with Crippen LogP contribution in [0.1, 0.15) is 20.8 Å². The van der Waals surface area contributed by atoms with Crippen molar-refractivity contribution < 1.29 is 23.8 Å². The highest BCUT2D eigenvalue weighted by molar-refractivity contribution is 7.14. The van der Waals surface area contributed by atoms with Crippen molar-refractivity contribution in [3.8, 4) is 22.1 Å². The molecule has 6 nitrogen and oxygen atoms in total. The second-order valence-electron chi connectivity index (χ2n) is 5.12. The van der Waals surface area contributed by atoms with Crippen LogP contribution in [-0.2, 0) is 4.74 Å². The zero-order valence-corrected chi connectivity index (χ0v) is 15.7. The molecule has 0 aliphatic carbocycles. The molecule has 1 aromatic carbocycles.